The zero-order valence-corrected chi connectivity index (χ0v) is 20.5. The van der Waals surface area contributed by atoms with Crippen LogP contribution in [0.15, 0.2) is 73.1 Å². The van der Waals surface area contributed by atoms with E-state index < -0.39 is 0 Å². The van der Waals surface area contributed by atoms with E-state index >= 15 is 0 Å². The van der Waals surface area contributed by atoms with Gasteiger partial charge in [0.25, 0.3) is 5.91 Å². The molecule has 0 aliphatic carbocycles. The van der Waals surface area contributed by atoms with E-state index in [0.717, 1.165) is 45.0 Å². The number of piperazine rings is 1. The Morgan fingerprint density at radius 1 is 0.943 bits per heavy atom. The van der Waals surface area contributed by atoms with E-state index in [1.807, 2.05) is 49.6 Å². The number of carbonyl (C=O) groups excluding carboxylic acids is 1. The minimum Gasteiger partial charge on any atom is -0.496 e. The number of benzene rings is 2. The number of nitrogens with one attached hydrogen (secondary N) is 1. The molecule has 3 aromatic rings. The number of hydrogen-bond donors (Lipinski definition) is 1. The van der Waals surface area contributed by atoms with E-state index in [0.29, 0.717) is 17.9 Å². The largest absolute Gasteiger partial charge is 0.496 e. The fourth-order valence-corrected chi connectivity index (χ4v) is 4.22. The van der Waals surface area contributed by atoms with E-state index in [9.17, 15) is 4.79 Å². The molecule has 7 nitrogen and oxygen atoms in total. The van der Waals surface area contributed by atoms with Gasteiger partial charge in [0.15, 0.2) is 0 Å². The van der Waals surface area contributed by atoms with Gasteiger partial charge in [-0.25, -0.2) is 0 Å². The summed E-state index contributed by atoms with van der Waals surface area (Å²) >= 11 is 0. The van der Waals surface area contributed by atoms with Crippen LogP contribution >= 0.6 is 0 Å². The Morgan fingerprint density at radius 2 is 1.63 bits per heavy atom. The van der Waals surface area contributed by atoms with Crippen LogP contribution < -0.4 is 14.8 Å². The molecule has 1 N–H and O–H groups in total. The molecule has 184 valence electrons. The Morgan fingerprint density at radius 3 is 2.29 bits per heavy atom. The van der Waals surface area contributed by atoms with E-state index in [4.69, 9.17) is 9.47 Å². The first-order valence-electron chi connectivity index (χ1n) is 12.1. The monoisotopic (exact) mass is 474 g/mol. The standard InChI is InChI=1S/C28H34N4O3/c1-22(18-30-28(33)26-7-3-4-8-27(26)34-2)35-25-11-9-23(10-12-25)20-31-14-16-32(17-15-31)21-24-6-5-13-29-19-24/h3-13,19,22H,14-18,20-21H2,1-2H3,(H,30,33). The van der Waals surface area contributed by atoms with Gasteiger partial charge in [0.2, 0.25) is 0 Å². The lowest BCUT2D eigenvalue weighted by atomic mass is 10.1. The molecule has 1 aliphatic heterocycles. The Hall–Kier alpha value is -3.42. The van der Waals surface area contributed by atoms with Crippen molar-refractivity contribution in [3.05, 3.63) is 89.7 Å². The molecule has 0 saturated carbocycles. The van der Waals surface area contributed by atoms with Gasteiger partial charge in [0.1, 0.15) is 17.6 Å². The van der Waals surface area contributed by atoms with Crippen molar-refractivity contribution in [2.24, 2.45) is 0 Å². The topological polar surface area (TPSA) is 66.9 Å². The Kier molecular flexibility index (Phi) is 8.70. The average Bonchev–Trinajstić information content (AvgIpc) is 2.90. The van der Waals surface area contributed by atoms with E-state index in [-0.39, 0.29) is 12.0 Å². The second-order valence-corrected chi connectivity index (χ2v) is 8.90. The number of pyridine rings is 1. The predicted octanol–water partition coefficient (Wildman–Crippen LogP) is 3.61. The predicted molar refractivity (Wildman–Crippen MR) is 137 cm³/mol. The Balaban J connectivity index is 1.19. The zero-order valence-electron chi connectivity index (χ0n) is 20.5. The van der Waals surface area contributed by atoms with Crippen molar-refractivity contribution in [1.29, 1.82) is 0 Å². The number of aromatic nitrogens is 1. The number of methoxy groups -OCH3 is 1. The minimum atomic E-state index is -0.172. The molecular formula is C28H34N4O3. The molecule has 1 atom stereocenters. The number of rotatable bonds is 10. The third-order valence-corrected chi connectivity index (χ3v) is 6.16. The highest BCUT2D eigenvalue weighted by molar-refractivity contribution is 5.96. The molecule has 35 heavy (non-hydrogen) atoms. The molecule has 0 bridgehead atoms. The van der Waals surface area contributed by atoms with Crippen molar-refractivity contribution in [2.45, 2.75) is 26.1 Å². The summed E-state index contributed by atoms with van der Waals surface area (Å²) in [5.41, 5.74) is 3.06. The number of nitrogens with zero attached hydrogens (tertiary/aromatic N) is 3. The van der Waals surface area contributed by atoms with Crippen molar-refractivity contribution in [2.75, 3.05) is 39.8 Å². The van der Waals surface area contributed by atoms with Gasteiger partial charge in [0.05, 0.1) is 19.2 Å². The lowest BCUT2D eigenvalue weighted by molar-refractivity contribution is 0.0929. The lowest BCUT2D eigenvalue weighted by Crippen LogP contribution is -2.45. The van der Waals surface area contributed by atoms with Crippen LogP contribution in [0.5, 0.6) is 11.5 Å². The van der Waals surface area contributed by atoms with Crippen molar-refractivity contribution >= 4 is 5.91 Å². The van der Waals surface area contributed by atoms with Crippen molar-refractivity contribution < 1.29 is 14.3 Å². The van der Waals surface area contributed by atoms with Crippen LogP contribution in [0.4, 0.5) is 0 Å². The van der Waals surface area contributed by atoms with E-state index in [1.54, 1.807) is 19.2 Å². The van der Waals surface area contributed by atoms with Gasteiger partial charge < -0.3 is 14.8 Å². The number of carbonyl (C=O) groups is 1. The third kappa shape index (κ3) is 7.28. The smallest absolute Gasteiger partial charge is 0.255 e. The van der Waals surface area contributed by atoms with Gasteiger partial charge in [-0.05, 0) is 48.4 Å². The molecule has 1 fully saturated rings. The van der Waals surface area contributed by atoms with E-state index in [2.05, 4.69) is 38.3 Å². The summed E-state index contributed by atoms with van der Waals surface area (Å²) < 4.78 is 11.3. The quantitative estimate of drug-likeness (QED) is 0.484. The highest BCUT2D eigenvalue weighted by Gasteiger charge is 2.17. The molecule has 1 amide bonds. The molecule has 2 aromatic carbocycles. The highest BCUT2D eigenvalue weighted by Crippen LogP contribution is 2.18. The molecule has 1 aromatic heterocycles. The SMILES string of the molecule is COc1ccccc1C(=O)NCC(C)Oc1ccc(CN2CCN(Cc3cccnc3)CC2)cc1. The normalized spacial score (nSPS) is 15.4. The van der Waals surface area contributed by atoms with Gasteiger partial charge in [-0.3, -0.25) is 19.6 Å². The highest BCUT2D eigenvalue weighted by atomic mass is 16.5. The van der Waals surface area contributed by atoms with Crippen LogP contribution in [-0.2, 0) is 13.1 Å². The first-order chi connectivity index (χ1) is 17.1. The minimum absolute atomic E-state index is 0.160. The molecule has 1 aliphatic rings. The van der Waals surface area contributed by atoms with E-state index in [1.165, 1.54) is 11.1 Å². The summed E-state index contributed by atoms with van der Waals surface area (Å²) in [6.45, 7) is 8.49. The first-order valence-corrected chi connectivity index (χ1v) is 12.1. The zero-order chi connectivity index (χ0) is 24.5. The number of ether oxygens (including phenoxy) is 2. The molecular weight excluding hydrogens is 440 g/mol. The Bertz CT molecular complexity index is 1070. The second kappa shape index (κ2) is 12.3. The van der Waals surface area contributed by atoms with Crippen LogP contribution in [0.1, 0.15) is 28.4 Å². The summed E-state index contributed by atoms with van der Waals surface area (Å²) in [5, 5.41) is 2.92. The number of hydrogen-bond acceptors (Lipinski definition) is 6. The summed E-state index contributed by atoms with van der Waals surface area (Å²) in [6.07, 6.45) is 3.61. The van der Waals surface area contributed by atoms with Crippen LogP contribution in [0, 0.1) is 0 Å². The van der Waals surface area contributed by atoms with Gasteiger partial charge in [0, 0.05) is 51.7 Å². The fourth-order valence-electron chi connectivity index (χ4n) is 4.22. The molecule has 7 heteroatoms. The van der Waals surface area contributed by atoms with Crippen LogP contribution in [0.25, 0.3) is 0 Å². The maximum absolute atomic E-state index is 12.5. The molecule has 2 heterocycles. The van der Waals surface area contributed by atoms with Crippen LogP contribution in [-0.4, -0.2) is 66.6 Å². The maximum atomic E-state index is 12.5. The average molecular weight is 475 g/mol. The van der Waals surface area contributed by atoms with Gasteiger partial charge >= 0.3 is 0 Å². The number of para-hydroxylation sites is 1. The molecule has 4 rings (SSSR count). The molecule has 0 spiro atoms. The van der Waals surface area contributed by atoms with Crippen molar-refractivity contribution in [3.8, 4) is 11.5 Å². The number of amides is 1. The second-order valence-electron chi connectivity index (χ2n) is 8.90. The lowest BCUT2D eigenvalue weighted by Gasteiger charge is -2.34. The fraction of sp³-hybridized carbons (Fsp3) is 0.357. The third-order valence-electron chi connectivity index (χ3n) is 6.16. The molecule has 1 saturated heterocycles. The first kappa shape index (κ1) is 24.7. The van der Waals surface area contributed by atoms with Crippen LogP contribution in [0.2, 0.25) is 0 Å². The van der Waals surface area contributed by atoms with Gasteiger partial charge in [-0.15, -0.1) is 0 Å². The molecule has 0 radical (unpaired) electrons. The summed E-state index contributed by atoms with van der Waals surface area (Å²) in [5.74, 6) is 1.19. The van der Waals surface area contributed by atoms with Crippen LogP contribution in [0.3, 0.4) is 0 Å². The summed E-state index contributed by atoms with van der Waals surface area (Å²) in [6, 6.07) is 19.6. The molecule has 1 unspecified atom stereocenters. The maximum Gasteiger partial charge on any atom is 0.255 e. The Labute approximate surface area is 207 Å². The van der Waals surface area contributed by atoms with Crippen molar-refractivity contribution in [1.82, 2.24) is 20.1 Å². The van der Waals surface area contributed by atoms with Gasteiger partial charge in [-0.2, -0.15) is 0 Å². The van der Waals surface area contributed by atoms with Crippen molar-refractivity contribution in [3.63, 3.8) is 0 Å². The van der Waals surface area contributed by atoms with Gasteiger partial charge in [-0.1, -0.05) is 30.3 Å². The summed E-state index contributed by atoms with van der Waals surface area (Å²) in [7, 11) is 1.56. The summed E-state index contributed by atoms with van der Waals surface area (Å²) in [4.78, 5) is 21.7.